The van der Waals surface area contributed by atoms with E-state index in [1.165, 1.54) is 23.0 Å². The Morgan fingerprint density at radius 2 is 1.45 bits per heavy atom. The number of amides is 4. The van der Waals surface area contributed by atoms with E-state index in [4.69, 9.17) is 4.74 Å². The van der Waals surface area contributed by atoms with Crippen LogP contribution < -0.4 is 14.5 Å². The normalized spacial score (nSPS) is 30.1. The van der Waals surface area contributed by atoms with Crippen molar-refractivity contribution < 1.29 is 29.0 Å². The Balaban J connectivity index is 1.40. The first-order chi connectivity index (χ1) is 20.3. The fourth-order valence-corrected chi connectivity index (χ4v) is 7.90. The highest BCUT2D eigenvalue weighted by Crippen LogP contribution is 2.64. The maximum absolute atomic E-state index is 14.4. The fraction of sp³-hybridized carbons (Fsp3) is 0.294. The summed E-state index contributed by atoms with van der Waals surface area (Å²) in [5, 5.41) is 11.2. The van der Waals surface area contributed by atoms with Gasteiger partial charge in [0.25, 0.3) is 0 Å². The van der Waals surface area contributed by atoms with E-state index in [2.05, 4.69) is 0 Å². The van der Waals surface area contributed by atoms with Gasteiger partial charge < -0.3 is 9.84 Å². The zero-order valence-corrected chi connectivity index (χ0v) is 23.3. The highest BCUT2D eigenvalue weighted by molar-refractivity contribution is 6.25. The number of allylic oxidation sites excluding steroid dienone is 2. The van der Waals surface area contributed by atoms with Crippen LogP contribution in [0.5, 0.6) is 11.5 Å². The second kappa shape index (κ2) is 9.41. The van der Waals surface area contributed by atoms with Gasteiger partial charge in [-0.25, -0.2) is 4.90 Å². The highest BCUT2D eigenvalue weighted by atomic mass is 16.5. The van der Waals surface area contributed by atoms with Gasteiger partial charge in [0, 0.05) is 11.5 Å². The highest BCUT2D eigenvalue weighted by Gasteiger charge is 2.68. The molecule has 3 aromatic carbocycles. The van der Waals surface area contributed by atoms with Gasteiger partial charge in [0.1, 0.15) is 11.5 Å². The number of ether oxygens (including phenoxy) is 1. The predicted molar refractivity (Wildman–Crippen MR) is 155 cm³/mol. The number of phenolic OH excluding ortho intramolecular Hbond substituents is 1. The number of nitrogens with zero attached hydrogens (tertiary/aromatic N) is 2. The Morgan fingerprint density at radius 1 is 0.810 bits per heavy atom. The number of para-hydroxylation sites is 2. The average Bonchev–Trinajstić information content (AvgIpc) is 3.38. The molecule has 6 unspecified atom stereocenters. The van der Waals surface area contributed by atoms with Crippen LogP contribution in [-0.4, -0.2) is 35.8 Å². The van der Waals surface area contributed by atoms with Gasteiger partial charge in [-0.2, -0.15) is 0 Å². The summed E-state index contributed by atoms with van der Waals surface area (Å²) in [6.07, 6.45) is 2.55. The molecule has 2 heterocycles. The second-order valence-electron chi connectivity index (χ2n) is 11.8. The maximum atomic E-state index is 14.4. The molecule has 0 bridgehead atoms. The van der Waals surface area contributed by atoms with Crippen molar-refractivity contribution in [1.82, 2.24) is 0 Å². The quantitative estimate of drug-likeness (QED) is 0.361. The molecule has 0 spiro atoms. The van der Waals surface area contributed by atoms with E-state index in [0.29, 0.717) is 29.1 Å². The van der Waals surface area contributed by atoms with Crippen LogP contribution in [0.4, 0.5) is 11.4 Å². The first-order valence-corrected chi connectivity index (χ1v) is 14.2. The summed E-state index contributed by atoms with van der Waals surface area (Å²) in [7, 11) is 1.52. The molecule has 8 heteroatoms. The van der Waals surface area contributed by atoms with Gasteiger partial charge >= 0.3 is 0 Å². The third kappa shape index (κ3) is 3.47. The van der Waals surface area contributed by atoms with E-state index < -0.39 is 35.0 Å². The van der Waals surface area contributed by atoms with E-state index in [0.717, 1.165) is 5.57 Å². The lowest BCUT2D eigenvalue weighted by atomic mass is 9.51. The summed E-state index contributed by atoms with van der Waals surface area (Å²) in [6, 6.07) is 22.6. The number of carbonyl (C=O) groups excluding carboxylic acids is 4. The molecule has 1 N–H and O–H groups in total. The molecule has 3 aromatic rings. The van der Waals surface area contributed by atoms with Crippen LogP contribution >= 0.6 is 0 Å². The van der Waals surface area contributed by atoms with Crippen molar-refractivity contribution in [3.8, 4) is 11.5 Å². The van der Waals surface area contributed by atoms with Gasteiger partial charge in [0.15, 0.2) is 0 Å². The summed E-state index contributed by atoms with van der Waals surface area (Å²) in [5.41, 5.74) is 1.04. The Labute approximate surface area is 243 Å². The molecule has 6 atom stereocenters. The van der Waals surface area contributed by atoms with Crippen molar-refractivity contribution in [1.29, 1.82) is 0 Å². The molecule has 42 heavy (non-hydrogen) atoms. The summed E-state index contributed by atoms with van der Waals surface area (Å²) >= 11 is 0. The molecule has 4 aliphatic rings. The van der Waals surface area contributed by atoms with Crippen molar-refractivity contribution >= 4 is 35.0 Å². The summed E-state index contributed by atoms with van der Waals surface area (Å²) in [5.74, 6) is -3.93. The molecule has 8 nitrogen and oxygen atoms in total. The Hall–Kier alpha value is -4.72. The van der Waals surface area contributed by atoms with E-state index in [9.17, 15) is 24.3 Å². The van der Waals surface area contributed by atoms with Gasteiger partial charge in [-0.05, 0) is 68.1 Å². The van der Waals surface area contributed by atoms with Crippen LogP contribution in [0.25, 0.3) is 0 Å². The number of rotatable bonds is 4. The van der Waals surface area contributed by atoms with Crippen LogP contribution in [0.3, 0.4) is 0 Å². The van der Waals surface area contributed by atoms with Crippen molar-refractivity contribution in [3.05, 3.63) is 96.1 Å². The number of imide groups is 2. The Morgan fingerprint density at radius 3 is 2.10 bits per heavy atom. The number of carbonyl (C=O) groups is 4. The van der Waals surface area contributed by atoms with Crippen molar-refractivity contribution in [2.24, 2.45) is 29.1 Å². The standard InChI is InChI=1S/C34H30N2O6/c1-34-26(31(39)36(33(34)41)20-11-7-4-8-12-20)18-24-22(29(34)25-17-21(42-2)13-16-27(25)37)14-15-23-28(24)32(40)35(30(23)38)19-9-5-3-6-10-19/h3-14,16-17,23-24,26,28-29,37H,15,18H2,1-2H3. The molecule has 2 aliphatic carbocycles. The number of fused-ring (bicyclic) bond motifs is 4. The molecule has 2 aliphatic heterocycles. The molecule has 1 saturated carbocycles. The summed E-state index contributed by atoms with van der Waals surface area (Å²) in [4.78, 5) is 58.8. The zero-order chi connectivity index (χ0) is 29.3. The Kier molecular flexibility index (Phi) is 5.87. The largest absolute Gasteiger partial charge is 0.508 e. The lowest BCUT2D eigenvalue weighted by Gasteiger charge is -2.49. The van der Waals surface area contributed by atoms with Crippen LogP contribution in [0, 0.1) is 29.1 Å². The topological polar surface area (TPSA) is 104 Å². The molecule has 3 fully saturated rings. The number of benzene rings is 3. The average molecular weight is 563 g/mol. The smallest absolute Gasteiger partial charge is 0.241 e. The molecular formula is C34H30N2O6. The number of hydrogen-bond acceptors (Lipinski definition) is 6. The molecule has 7 rings (SSSR count). The zero-order valence-electron chi connectivity index (χ0n) is 23.3. The maximum Gasteiger partial charge on any atom is 0.241 e. The lowest BCUT2D eigenvalue weighted by molar-refractivity contribution is -0.131. The van der Waals surface area contributed by atoms with Crippen LogP contribution in [-0.2, 0) is 19.2 Å². The molecule has 4 amide bonds. The van der Waals surface area contributed by atoms with E-state index in [1.807, 2.05) is 18.2 Å². The van der Waals surface area contributed by atoms with Crippen LogP contribution in [0.15, 0.2) is 90.5 Å². The van der Waals surface area contributed by atoms with Crippen molar-refractivity contribution in [2.75, 3.05) is 16.9 Å². The first-order valence-electron chi connectivity index (χ1n) is 14.2. The minimum absolute atomic E-state index is 0.0254. The van der Waals surface area contributed by atoms with E-state index >= 15 is 0 Å². The van der Waals surface area contributed by atoms with Gasteiger partial charge in [-0.3, -0.25) is 24.1 Å². The van der Waals surface area contributed by atoms with Gasteiger partial charge in [0.05, 0.1) is 41.7 Å². The number of methoxy groups -OCH3 is 1. The number of phenols is 1. The van der Waals surface area contributed by atoms with Crippen LogP contribution in [0.2, 0.25) is 0 Å². The molecule has 0 aromatic heterocycles. The minimum atomic E-state index is -1.24. The van der Waals surface area contributed by atoms with E-state index in [-0.39, 0.29) is 35.8 Å². The first kappa shape index (κ1) is 26.2. The van der Waals surface area contributed by atoms with Crippen LogP contribution in [0.1, 0.15) is 31.2 Å². The number of hydrogen-bond donors (Lipinski definition) is 1. The van der Waals surface area contributed by atoms with Crippen molar-refractivity contribution in [2.45, 2.75) is 25.7 Å². The van der Waals surface area contributed by atoms with Gasteiger partial charge in [-0.1, -0.05) is 48.0 Å². The summed E-state index contributed by atoms with van der Waals surface area (Å²) < 4.78 is 5.48. The minimum Gasteiger partial charge on any atom is -0.508 e. The second-order valence-corrected chi connectivity index (χ2v) is 11.8. The molecule has 0 radical (unpaired) electrons. The Bertz CT molecular complexity index is 1670. The molecular weight excluding hydrogens is 532 g/mol. The van der Waals surface area contributed by atoms with Crippen molar-refractivity contribution in [3.63, 3.8) is 0 Å². The van der Waals surface area contributed by atoms with Gasteiger partial charge in [-0.15, -0.1) is 0 Å². The third-order valence-electron chi connectivity index (χ3n) is 9.85. The third-order valence-corrected chi connectivity index (χ3v) is 9.85. The fourth-order valence-electron chi connectivity index (χ4n) is 7.90. The molecule has 212 valence electrons. The van der Waals surface area contributed by atoms with Gasteiger partial charge in [0.2, 0.25) is 23.6 Å². The monoisotopic (exact) mass is 562 g/mol. The lowest BCUT2D eigenvalue weighted by Crippen LogP contribution is -2.48. The summed E-state index contributed by atoms with van der Waals surface area (Å²) in [6.45, 7) is 1.80. The number of aromatic hydroxyl groups is 1. The SMILES string of the molecule is COc1ccc(O)c(C2C3=CCC4C(=O)N(c5ccccc5)C(=O)C4C3CC3C(=O)N(c4ccccc4)C(=O)C32C)c1. The number of anilines is 2. The molecule has 2 saturated heterocycles. The van der Waals surface area contributed by atoms with E-state index in [1.54, 1.807) is 67.6 Å². The predicted octanol–water partition coefficient (Wildman–Crippen LogP) is 4.84.